The second-order valence-corrected chi connectivity index (χ2v) is 9.37. The number of hydrogen-bond acceptors (Lipinski definition) is 6. The van der Waals surface area contributed by atoms with E-state index in [1.54, 1.807) is 19.1 Å². The quantitative estimate of drug-likeness (QED) is 0.404. The van der Waals surface area contributed by atoms with Gasteiger partial charge in [-0.25, -0.2) is 8.42 Å². The molecule has 0 aromatic heterocycles. The highest BCUT2D eigenvalue weighted by atomic mass is 32.2. The number of anilines is 2. The number of allylic oxidation sites excluding steroid dienone is 2. The third-order valence-corrected chi connectivity index (χ3v) is 6.98. The number of fused-ring (bicyclic) bond motifs is 1. The lowest BCUT2D eigenvalue weighted by molar-refractivity contribution is -0.385. The number of nitrogens with zero attached hydrogens (tertiary/aromatic N) is 2. The van der Waals surface area contributed by atoms with Crippen LogP contribution in [0.2, 0.25) is 0 Å². The summed E-state index contributed by atoms with van der Waals surface area (Å²) < 4.78 is 28.8. The highest BCUT2D eigenvalue weighted by molar-refractivity contribution is 7.92. The summed E-state index contributed by atoms with van der Waals surface area (Å²) in [5.74, 6) is 0.876. The van der Waals surface area contributed by atoms with Crippen LogP contribution in [0.15, 0.2) is 58.5 Å². The normalized spacial score (nSPS) is 21.2. The van der Waals surface area contributed by atoms with Crippen LogP contribution in [0.1, 0.15) is 24.0 Å². The lowest BCUT2D eigenvalue weighted by atomic mass is 9.74. The van der Waals surface area contributed by atoms with Crippen LogP contribution < -0.4 is 10.1 Å². The average Bonchev–Trinajstić information content (AvgIpc) is 3.05. The summed E-state index contributed by atoms with van der Waals surface area (Å²) in [5.41, 5.74) is 5.88. The largest absolute Gasteiger partial charge is 0.279 e. The van der Waals surface area contributed by atoms with Crippen LogP contribution in [0.5, 0.6) is 0 Å². The van der Waals surface area contributed by atoms with Gasteiger partial charge in [0, 0.05) is 23.8 Å². The van der Waals surface area contributed by atoms with Crippen LogP contribution in [0, 0.1) is 35.8 Å². The number of non-ortho nitro benzene ring substituents is 1. The second-order valence-electron chi connectivity index (χ2n) is 7.71. The smallest absolute Gasteiger partial charge is 0.270 e. The van der Waals surface area contributed by atoms with Crippen LogP contribution in [-0.2, 0) is 10.0 Å². The molecule has 8 nitrogen and oxygen atoms in total. The van der Waals surface area contributed by atoms with E-state index in [9.17, 15) is 18.5 Å². The molecule has 30 heavy (non-hydrogen) atoms. The van der Waals surface area contributed by atoms with Gasteiger partial charge in [0.05, 0.1) is 16.3 Å². The molecule has 4 rings (SSSR count). The SMILES string of the molecule is Cc1ccc(NS(=O)(=O)c2cc([N+](=O)[O-])ccc2N/N=C2\CC3C=CCC23)c(C)c1. The summed E-state index contributed by atoms with van der Waals surface area (Å²) in [7, 11) is -4.09. The van der Waals surface area contributed by atoms with E-state index < -0.39 is 14.9 Å². The molecule has 0 bridgehead atoms. The molecule has 2 aliphatic carbocycles. The predicted molar refractivity (Wildman–Crippen MR) is 116 cm³/mol. The van der Waals surface area contributed by atoms with Crippen LogP contribution in [0.3, 0.4) is 0 Å². The van der Waals surface area contributed by atoms with Crippen LogP contribution >= 0.6 is 0 Å². The standard InChI is InChI=1S/C21H22N4O4S/c1-13-6-8-18(14(2)10-13)24-30(28,29)21-12-16(25(26)27)7-9-19(21)22-23-20-11-15-4-3-5-17(15)20/h3-4,6-10,12,15,17,22,24H,5,11H2,1-2H3/b23-20+. The van der Waals surface area contributed by atoms with E-state index >= 15 is 0 Å². The number of benzene rings is 2. The molecule has 2 aromatic rings. The van der Waals surface area contributed by atoms with Crippen molar-refractivity contribution < 1.29 is 13.3 Å². The van der Waals surface area contributed by atoms with Crippen molar-refractivity contribution in [2.24, 2.45) is 16.9 Å². The summed E-state index contributed by atoms with van der Waals surface area (Å²) in [4.78, 5) is 10.4. The van der Waals surface area contributed by atoms with Crippen LogP contribution in [0.25, 0.3) is 0 Å². The molecule has 0 saturated heterocycles. The Kier molecular flexibility index (Phi) is 5.07. The minimum Gasteiger partial charge on any atom is -0.279 e. The van der Waals surface area contributed by atoms with Gasteiger partial charge in [-0.3, -0.25) is 20.3 Å². The molecule has 2 atom stereocenters. The zero-order valence-electron chi connectivity index (χ0n) is 16.6. The number of hydrogen-bond donors (Lipinski definition) is 2. The maximum atomic E-state index is 13.1. The third-order valence-electron chi connectivity index (χ3n) is 5.57. The number of rotatable bonds is 6. The van der Waals surface area contributed by atoms with E-state index in [1.165, 1.54) is 12.1 Å². The molecule has 156 valence electrons. The van der Waals surface area contributed by atoms with Gasteiger partial charge in [0.2, 0.25) is 0 Å². The zero-order chi connectivity index (χ0) is 21.5. The highest BCUT2D eigenvalue weighted by Crippen LogP contribution is 2.40. The fraction of sp³-hybridized carbons (Fsp3) is 0.286. The van der Waals surface area contributed by atoms with Crippen molar-refractivity contribution >= 4 is 32.8 Å². The van der Waals surface area contributed by atoms with Crippen LogP contribution in [-0.4, -0.2) is 19.1 Å². The van der Waals surface area contributed by atoms with Crippen molar-refractivity contribution in [1.82, 2.24) is 0 Å². The van der Waals surface area contributed by atoms with Crippen molar-refractivity contribution in [3.8, 4) is 0 Å². The lowest BCUT2D eigenvalue weighted by Crippen LogP contribution is -2.33. The van der Waals surface area contributed by atoms with Crippen molar-refractivity contribution in [2.45, 2.75) is 31.6 Å². The maximum Gasteiger partial charge on any atom is 0.270 e. The molecule has 2 aliphatic rings. The van der Waals surface area contributed by atoms with Gasteiger partial charge in [-0.05, 0) is 50.3 Å². The third kappa shape index (κ3) is 3.80. The Balaban J connectivity index is 1.66. The molecular weight excluding hydrogens is 404 g/mol. The topological polar surface area (TPSA) is 114 Å². The van der Waals surface area contributed by atoms with E-state index in [0.29, 0.717) is 17.5 Å². The van der Waals surface area contributed by atoms with Crippen molar-refractivity contribution in [3.63, 3.8) is 0 Å². The van der Waals surface area contributed by atoms with Gasteiger partial charge in [0.25, 0.3) is 15.7 Å². The first-order valence-electron chi connectivity index (χ1n) is 9.62. The highest BCUT2D eigenvalue weighted by Gasteiger charge is 2.38. The Morgan fingerprint density at radius 2 is 1.90 bits per heavy atom. The number of sulfonamides is 1. The number of aryl methyl sites for hydroxylation is 2. The van der Waals surface area contributed by atoms with E-state index in [-0.39, 0.29) is 16.3 Å². The number of nitro groups is 1. The molecule has 1 saturated carbocycles. The molecule has 1 fully saturated rings. The first-order chi connectivity index (χ1) is 14.2. The van der Waals surface area contributed by atoms with Gasteiger partial charge in [-0.15, -0.1) is 0 Å². The predicted octanol–water partition coefficient (Wildman–Crippen LogP) is 4.38. The number of hydrazone groups is 1. The Morgan fingerprint density at radius 1 is 1.13 bits per heavy atom. The molecule has 0 heterocycles. The van der Waals surface area contributed by atoms with E-state index in [0.717, 1.165) is 35.7 Å². The lowest BCUT2D eigenvalue weighted by Gasteiger charge is -2.32. The second kappa shape index (κ2) is 7.56. The van der Waals surface area contributed by atoms with Gasteiger partial charge in [-0.1, -0.05) is 29.8 Å². The van der Waals surface area contributed by atoms with Gasteiger partial charge in [0.1, 0.15) is 4.90 Å². The minimum atomic E-state index is -4.09. The molecule has 0 amide bonds. The Bertz CT molecular complexity index is 1190. The van der Waals surface area contributed by atoms with Gasteiger partial charge in [-0.2, -0.15) is 5.10 Å². The van der Waals surface area contributed by atoms with E-state index in [2.05, 4.69) is 27.4 Å². The molecule has 0 spiro atoms. The summed E-state index contributed by atoms with van der Waals surface area (Å²) in [6.07, 6.45) is 6.08. The van der Waals surface area contributed by atoms with E-state index in [1.807, 2.05) is 13.0 Å². The zero-order valence-corrected chi connectivity index (χ0v) is 17.4. The van der Waals surface area contributed by atoms with Crippen molar-refractivity contribution in [1.29, 1.82) is 0 Å². The molecule has 9 heteroatoms. The van der Waals surface area contributed by atoms with Gasteiger partial charge in [0.15, 0.2) is 0 Å². The fourth-order valence-electron chi connectivity index (χ4n) is 3.86. The van der Waals surface area contributed by atoms with Crippen molar-refractivity contribution in [3.05, 3.63) is 69.8 Å². The molecular formula is C21H22N4O4S. The number of nitrogens with one attached hydrogen (secondary N) is 2. The molecule has 0 radical (unpaired) electrons. The summed E-state index contributed by atoms with van der Waals surface area (Å²) in [6.45, 7) is 3.71. The summed E-state index contributed by atoms with van der Waals surface area (Å²) in [5, 5.41) is 15.6. The first kappa shape index (κ1) is 20.1. The Labute approximate surface area is 174 Å². The molecule has 2 unspecified atom stereocenters. The van der Waals surface area contributed by atoms with Crippen molar-refractivity contribution in [2.75, 3.05) is 10.1 Å². The van der Waals surface area contributed by atoms with Gasteiger partial charge >= 0.3 is 0 Å². The molecule has 2 N–H and O–H groups in total. The van der Waals surface area contributed by atoms with Gasteiger partial charge < -0.3 is 0 Å². The Hall–Kier alpha value is -3.20. The molecule has 0 aliphatic heterocycles. The first-order valence-corrected chi connectivity index (χ1v) is 11.1. The average molecular weight is 426 g/mol. The number of nitro benzene ring substituents is 1. The summed E-state index contributed by atoms with van der Waals surface area (Å²) in [6, 6.07) is 9.02. The monoisotopic (exact) mass is 426 g/mol. The van der Waals surface area contributed by atoms with Crippen LogP contribution in [0.4, 0.5) is 17.1 Å². The summed E-state index contributed by atoms with van der Waals surface area (Å²) >= 11 is 0. The fourth-order valence-corrected chi connectivity index (χ4v) is 5.17. The minimum absolute atomic E-state index is 0.194. The maximum absolute atomic E-state index is 13.1. The molecule has 2 aromatic carbocycles. The Morgan fingerprint density at radius 3 is 2.60 bits per heavy atom. The van der Waals surface area contributed by atoms with E-state index in [4.69, 9.17) is 0 Å².